The van der Waals surface area contributed by atoms with Crippen LogP contribution in [0.15, 0.2) is 64.9 Å². The number of nitrogens with one attached hydrogen (secondary N) is 2. The molecular weight excluding hydrogens is 414 g/mol. The molecule has 3 heterocycles. The second-order valence-corrected chi connectivity index (χ2v) is 7.50. The number of nitrogens with zero attached hydrogens (tertiary/aromatic N) is 3. The molecule has 0 saturated carbocycles. The van der Waals surface area contributed by atoms with Crippen molar-refractivity contribution < 1.29 is 9.53 Å². The molecule has 0 unspecified atom stereocenters. The number of H-pyrrole nitrogens is 1. The van der Waals surface area contributed by atoms with Gasteiger partial charge in [0, 0.05) is 24.1 Å². The molecule has 0 saturated heterocycles. The minimum absolute atomic E-state index is 0.0624. The Balaban J connectivity index is 1.42. The number of aromatic amines is 1. The summed E-state index contributed by atoms with van der Waals surface area (Å²) >= 11 is 1.45. The Labute approximate surface area is 182 Å². The number of carbonyl (C=O) groups is 1. The van der Waals surface area contributed by atoms with E-state index in [1.165, 1.54) is 17.4 Å². The van der Waals surface area contributed by atoms with Crippen molar-refractivity contribution in [3.05, 3.63) is 93.2 Å². The molecule has 31 heavy (non-hydrogen) atoms. The fourth-order valence-corrected chi connectivity index (χ4v) is 3.70. The first kappa shape index (κ1) is 20.4. The molecule has 0 aliphatic rings. The maximum Gasteiger partial charge on any atom is 0.270 e. The molecule has 3 aromatic heterocycles. The third-order valence-electron chi connectivity index (χ3n) is 4.42. The number of methoxy groups -OCH3 is 1. The molecule has 9 heteroatoms. The summed E-state index contributed by atoms with van der Waals surface area (Å²) in [5, 5.41) is 5.41. The molecule has 1 amide bonds. The van der Waals surface area contributed by atoms with E-state index in [9.17, 15) is 9.59 Å². The lowest BCUT2D eigenvalue weighted by Crippen LogP contribution is -2.26. The average Bonchev–Trinajstić information content (AvgIpc) is 3.27. The van der Waals surface area contributed by atoms with Gasteiger partial charge < -0.3 is 15.0 Å². The SMILES string of the molecule is COc1ccc(Cc2nc(C(=O)NCc3csc(-c4ccccn4)n3)cc(=O)[nH]2)cc1. The van der Waals surface area contributed by atoms with E-state index in [2.05, 4.69) is 25.3 Å². The van der Waals surface area contributed by atoms with E-state index in [0.29, 0.717) is 17.9 Å². The summed E-state index contributed by atoms with van der Waals surface area (Å²) in [6.45, 7) is 0.227. The highest BCUT2D eigenvalue weighted by atomic mass is 32.1. The number of thiazole rings is 1. The lowest BCUT2D eigenvalue weighted by Gasteiger charge is -2.06. The Morgan fingerprint density at radius 1 is 1.16 bits per heavy atom. The first-order valence-electron chi connectivity index (χ1n) is 9.48. The summed E-state index contributed by atoms with van der Waals surface area (Å²) in [6.07, 6.45) is 2.10. The molecule has 0 aliphatic heterocycles. The van der Waals surface area contributed by atoms with Crippen molar-refractivity contribution in [2.24, 2.45) is 0 Å². The Hall–Kier alpha value is -3.85. The Kier molecular flexibility index (Phi) is 6.13. The molecule has 0 radical (unpaired) electrons. The third kappa shape index (κ3) is 5.20. The number of ether oxygens (including phenoxy) is 1. The van der Waals surface area contributed by atoms with Gasteiger partial charge in [0.05, 0.1) is 25.0 Å². The highest BCUT2D eigenvalue weighted by Crippen LogP contribution is 2.21. The van der Waals surface area contributed by atoms with Gasteiger partial charge in [0.15, 0.2) is 0 Å². The zero-order valence-corrected chi connectivity index (χ0v) is 17.5. The first-order chi connectivity index (χ1) is 15.1. The van der Waals surface area contributed by atoms with Gasteiger partial charge in [0.1, 0.15) is 22.3 Å². The Morgan fingerprint density at radius 2 is 2.00 bits per heavy atom. The topological polar surface area (TPSA) is 110 Å². The van der Waals surface area contributed by atoms with E-state index in [4.69, 9.17) is 4.74 Å². The molecule has 2 N–H and O–H groups in total. The smallest absolute Gasteiger partial charge is 0.270 e. The van der Waals surface area contributed by atoms with Gasteiger partial charge >= 0.3 is 0 Å². The maximum absolute atomic E-state index is 12.6. The fourth-order valence-electron chi connectivity index (χ4n) is 2.90. The zero-order valence-electron chi connectivity index (χ0n) is 16.7. The number of aromatic nitrogens is 4. The molecule has 0 aliphatic carbocycles. The minimum atomic E-state index is -0.436. The Morgan fingerprint density at radius 3 is 2.74 bits per heavy atom. The number of benzene rings is 1. The quantitative estimate of drug-likeness (QED) is 0.464. The predicted octanol–water partition coefficient (Wildman–Crippen LogP) is 2.82. The van der Waals surface area contributed by atoms with Gasteiger partial charge in [-0.05, 0) is 29.8 Å². The van der Waals surface area contributed by atoms with E-state index in [1.54, 1.807) is 13.3 Å². The molecule has 0 spiro atoms. The second-order valence-electron chi connectivity index (χ2n) is 6.64. The molecule has 1 aromatic carbocycles. The van der Waals surface area contributed by atoms with Crippen LogP contribution in [-0.2, 0) is 13.0 Å². The third-order valence-corrected chi connectivity index (χ3v) is 5.33. The summed E-state index contributed by atoms with van der Waals surface area (Å²) in [5.74, 6) is 0.718. The number of carbonyl (C=O) groups excluding carboxylic acids is 1. The van der Waals surface area contributed by atoms with E-state index >= 15 is 0 Å². The molecular formula is C22H19N5O3S. The highest BCUT2D eigenvalue weighted by Gasteiger charge is 2.12. The molecule has 4 rings (SSSR count). The van der Waals surface area contributed by atoms with Crippen LogP contribution < -0.4 is 15.6 Å². The van der Waals surface area contributed by atoms with Crippen molar-refractivity contribution >= 4 is 17.2 Å². The molecule has 156 valence electrons. The van der Waals surface area contributed by atoms with Crippen molar-refractivity contribution in [3.8, 4) is 16.5 Å². The predicted molar refractivity (Wildman–Crippen MR) is 117 cm³/mol. The van der Waals surface area contributed by atoms with Crippen LogP contribution >= 0.6 is 11.3 Å². The number of amides is 1. The van der Waals surface area contributed by atoms with Crippen molar-refractivity contribution in [2.45, 2.75) is 13.0 Å². The van der Waals surface area contributed by atoms with Crippen molar-refractivity contribution in [1.29, 1.82) is 0 Å². The van der Waals surface area contributed by atoms with Gasteiger partial charge in [-0.15, -0.1) is 11.3 Å². The van der Waals surface area contributed by atoms with Gasteiger partial charge in [-0.2, -0.15) is 0 Å². The van der Waals surface area contributed by atoms with Gasteiger partial charge in [-0.1, -0.05) is 18.2 Å². The van der Waals surface area contributed by atoms with Crippen LogP contribution in [0.1, 0.15) is 27.6 Å². The number of rotatable bonds is 7. The minimum Gasteiger partial charge on any atom is -0.497 e. The van der Waals surface area contributed by atoms with Crippen molar-refractivity contribution in [3.63, 3.8) is 0 Å². The van der Waals surface area contributed by atoms with Crippen LogP contribution in [0, 0.1) is 0 Å². The van der Waals surface area contributed by atoms with Crippen LogP contribution in [0.25, 0.3) is 10.7 Å². The standard InChI is InChI=1S/C22H19N5O3S/c1-30-16-7-5-14(6-8-16)10-19-26-18(11-20(28)27-19)21(29)24-12-15-13-31-22(25-15)17-4-2-3-9-23-17/h2-9,11,13H,10,12H2,1H3,(H,24,29)(H,26,27,28). The summed E-state index contributed by atoms with van der Waals surface area (Å²) in [7, 11) is 1.60. The highest BCUT2D eigenvalue weighted by molar-refractivity contribution is 7.13. The zero-order chi connectivity index (χ0) is 21.6. The average molecular weight is 433 g/mol. The molecule has 0 atom stereocenters. The lowest BCUT2D eigenvalue weighted by molar-refractivity contribution is 0.0945. The number of hydrogen-bond donors (Lipinski definition) is 2. The largest absolute Gasteiger partial charge is 0.497 e. The van der Waals surface area contributed by atoms with Crippen LogP contribution in [0.3, 0.4) is 0 Å². The second kappa shape index (κ2) is 9.31. The lowest BCUT2D eigenvalue weighted by atomic mass is 10.1. The van der Waals surface area contributed by atoms with Gasteiger partial charge in [0.25, 0.3) is 11.5 Å². The molecule has 4 aromatic rings. The van der Waals surface area contributed by atoms with Crippen LogP contribution in [0.4, 0.5) is 0 Å². The van der Waals surface area contributed by atoms with E-state index in [0.717, 1.165) is 22.0 Å². The number of hydrogen-bond acceptors (Lipinski definition) is 7. The summed E-state index contributed by atoms with van der Waals surface area (Å²) in [4.78, 5) is 40.3. The van der Waals surface area contributed by atoms with Crippen LogP contribution in [0.2, 0.25) is 0 Å². The monoisotopic (exact) mass is 433 g/mol. The summed E-state index contributed by atoms with van der Waals surface area (Å²) in [6, 6.07) is 14.2. The normalized spacial score (nSPS) is 10.6. The molecule has 0 fully saturated rings. The van der Waals surface area contributed by atoms with Gasteiger partial charge in [0.2, 0.25) is 0 Å². The Bertz CT molecular complexity index is 1240. The van der Waals surface area contributed by atoms with Crippen LogP contribution in [0.5, 0.6) is 5.75 Å². The first-order valence-corrected chi connectivity index (χ1v) is 10.4. The van der Waals surface area contributed by atoms with Crippen molar-refractivity contribution in [2.75, 3.05) is 7.11 Å². The van der Waals surface area contributed by atoms with Crippen LogP contribution in [-0.4, -0.2) is 33.0 Å². The van der Waals surface area contributed by atoms with E-state index in [-0.39, 0.29) is 17.8 Å². The number of pyridine rings is 1. The fraction of sp³-hybridized carbons (Fsp3) is 0.136. The summed E-state index contributed by atoms with van der Waals surface area (Å²) < 4.78 is 5.14. The van der Waals surface area contributed by atoms with E-state index in [1.807, 2.05) is 47.8 Å². The van der Waals surface area contributed by atoms with Gasteiger partial charge in [-0.25, -0.2) is 9.97 Å². The van der Waals surface area contributed by atoms with Gasteiger partial charge in [-0.3, -0.25) is 14.6 Å². The summed E-state index contributed by atoms with van der Waals surface area (Å²) in [5.41, 5.74) is 2.11. The molecule has 8 nitrogen and oxygen atoms in total. The van der Waals surface area contributed by atoms with Crippen molar-refractivity contribution in [1.82, 2.24) is 25.3 Å². The molecule has 0 bridgehead atoms. The van der Waals surface area contributed by atoms with E-state index < -0.39 is 5.91 Å². The maximum atomic E-state index is 12.6.